The number of hydrogen-bond donors (Lipinski definition) is 6. The Morgan fingerprint density at radius 1 is 1.08 bits per heavy atom. The first kappa shape index (κ1) is 28.6. The molecule has 12 nitrogen and oxygen atoms in total. The second-order valence-corrected chi connectivity index (χ2v) is 10.0. The molecule has 12 heteroatoms. The number of rotatable bonds is 12. The maximum absolute atomic E-state index is 13.6. The van der Waals surface area contributed by atoms with Crippen LogP contribution in [0.15, 0.2) is 30.5 Å². The number of nitrogens with two attached hydrogens (primary N) is 1. The first-order valence-electron chi connectivity index (χ1n) is 12.6. The van der Waals surface area contributed by atoms with Crippen LogP contribution in [-0.4, -0.2) is 80.5 Å². The van der Waals surface area contributed by atoms with Crippen molar-refractivity contribution in [3.63, 3.8) is 0 Å². The third-order valence-corrected chi connectivity index (χ3v) is 6.61. The Bertz CT molecular complexity index is 1190. The van der Waals surface area contributed by atoms with E-state index in [1.165, 1.54) is 4.90 Å². The number of likely N-dealkylation sites (tertiary alicyclic amines) is 1. The van der Waals surface area contributed by atoms with Crippen molar-refractivity contribution in [2.45, 2.75) is 70.1 Å². The molecule has 1 aromatic heterocycles. The fourth-order valence-corrected chi connectivity index (χ4v) is 4.74. The zero-order valence-corrected chi connectivity index (χ0v) is 21.5. The molecule has 0 radical (unpaired) electrons. The Hall–Kier alpha value is -3.93. The summed E-state index contributed by atoms with van der Waals surface area (Å²) in [7, 11) is 0. The molecule has 0 spiro atoms. The first-order chi connectivity index (χ1) is 18.0. The second kappa shape index (κ2) is 12.5. The number of nitrogens with one attached hydrogen (secondary N) is 3. The van der Waals surface area contributed by atoms with Gasteiger partial charge < -0.3 is 36.5 Å². The third kappa shape index (κ3) is 7.09. The average Bonchev–Trinajstić information content (AvgIpc) is 3.50. The highest BCUT2D eigenvalue weighted by molar-refractivity contribution is 5.95. The normalized spacial score (nSPS) is 17.7. The lowest BCUT2D eigenvalue weighted by atomic mass is 10.00. The van der Waals surface area contributed by atoms with Crippen LogP contribution >= 0.6 is 0 Å². The van der Waals surface area contributed by atoms with Crippen LogP contribution in [0.3, 0.4) is 0 Å². The van der Waals surface area contributed by atoms with E-state index < -0.39 is 60.2 Å². The molecule has 0 saturated carbocycles. The number of nitrogens with zero attached hydrogens (tertiary/aromatic N) is 1. The van der Waals surface area contributed by atoms with Gasteiger partial charge in [-0.15, -0.1) is 0 Å². The highest BCUT2D eigenvalue weighted by Crippen LogP contribution is 2.23. The van der Waals surface area contributed by atoms with E-state index in [4.69, 9.17) is 10.8 Å². The summed E-state index contributed by atoms with van der Waals surface area (Å²) in [5.41, 5.74) is 7.28. The van der Waals surface area contributed by atoms with Crippen LogP contribution in [0.5, 0.6) is 0 Å². The molecule has 0 aliphatic carbocycles. The number of para-hydroxylation sites is 1. The summed E-state index contributed by atoms with van der Waals surface area (Å²) in [5, 5.41) is 24.7. The molecule has 2 heterocycles. The summed E-state index contributed by atoms with van der Waals surface area (Å²) >= 11 is 0. The number of benzene rings is 1. The number of fused-ring (bicyclic) bond motifs is 1. The minimum absolute atomic E-state index is 0.0282. The molecule has 1 aliphatic rings. The molecule has 1 aromatic carbocycles. The molecule has 3 amide bonds. The summed E-state index contributed by atoms with van der Waals surface area (Å²) in [5.74, 6) is -4.34. The van der Waals surface area contributed by atoms with Gasteiger partial charge in [-0.1, -0.05) is 32.0 Å². The maximum atomic E-state index is 13.6. The molecular formula is C26H35N5O7. The summed E-state index contributed by atoms with van der Waals surface area (Å²) < 4.78 is 0. The van der Waals surface area contributed by atoms with Gasteiger partial charge in [0.2, 0.25) is 17.7 Å². The predicted molar refractivity (Wildman–Crippen MR) is 138 cm³/mol. The van der Waals surface area contributed by atoms with E-state index >= 15 is 0 Å². The van der Waals surface area contributed by atoms with Gasteiger partial charge in [-0.25, -0.2) is 4.79 Å². The van der Waals surface area contributed by atoms with Crippen LogP contribution in [0.2, 0.25) is 0 Å². The molecule has 0 bridgehead atoms. The van der Waals surface area contributed by atoms with E-state index in [0.717, 1.165) is 16.5 Å². The SMILES string of the molecule is CC(C)CC(NC(=O)C(N)CC(=O)O)C(=O)NC(Cc1c[nH]c2ccccc12)C(=O)N1CCCC1C(=O)O. The molecule has 38 heavy (non-hydrogen) atoms. The number of carbonyl (C=O) groups excluding carboxylic acids is 3. The molecule has 2 aromatic rings. The Morgan fingerprint density at radius 2 is 1.76 bits per heavy atom. The summed E-state index contributed by atoms with van der Waals surface area (Å²) in [6.07, 6.45) is 2.31. The quantitative estimate of drug-likeness (QED) is 0.230. The van der Waals surface area contributed by atoms with Crippen LogP contribution in [-0.2, 0) is 30.4 Å². The molecule has 1 fully saturated rings. The van der Waals surface area contributed by atoms with Crippen LogP contribution in [0.1, 0.15) is 45.1 Å². The topological polar surface area (TPSA) is 195 Å². The number of aromatic nitrogens is 1. The minimum Gasteiger partial charge on any atom is -0.481 e. The van der Waals surface area contributed by atoms with E-state index in [2.05, 4.69) is 15.6 Å². The number of carboxylic acid groups (broad SMARTS) is 2. The Kier molecular flexibility index (Phi) is 9.45. The van der Waals surface area contributed by atoms with Crippen molar-refractivity contribution in [3.05, 3.63) is 36.0 Å². The van der Waals surface area contributed by atoms with Crippen molar-refractivity contribution in [3.8, 4) is 0 Å². The number of aliphatic carboxylic acids is 2. The summed E-state index contributed by atoms with van der Waals surface area (Å²) in [6.45, 7) is 3.95. The highest BCUT2D eigenvalue weighted by atomic mass is 16.4. The van der Waals surface area contributed by atoms with Crippen LogP contribution in [0.4, 0.5) is 0 Å². The molecule has 206 valence electrons. The van der Waals surface area contributed by atoms with Crippen molar-refractivity contribution in [2.24, 2.45) is 11.7 Å². The molecule has 3 rings (SSSR count). The molecule has 1 aliphatic heterocycles. The molecule has 4 atom stereocenters. The lowest BCUT2D eigenvalue weighted by molar-refractivity contribution is -0.149. The van der Waals surface area contributed by atoms with Gasteiger partial charge in [0.1, 0.15) is 18.1 Å². The van der Waals surface area contributed by atoms with E-state index in [0.29, 0.717) is 12.8 Å². The van der Waals surface area contributed by atoms with Crippen LogP contribution in [0.25, 0.3) is 10.9 Å². The van der Waals surface area contributed by atoms with Crippen molar-refractivity contribution in [1.29, 1.82) is 0 Å². The monoisotopic (exact) mass is 529 g/mol. The molecule has 4 unspecified atom stereocenters. The predicted octanol–water partition coefficient (Wildman–Crippen LogP) is 0.604. The summed E-state index contributed by atoms with van der Waals surface area (Å²) in [6, 6.07) is 2.98. The Balaban J connectivity index is 1.87. The van der Waals surface area contributed by atoms with E-state index in [-0.39, 0.29) is 25.3 Å². The third-order valence-electron chi connectivity index (χ3n) is 6.61. The zero-order valence-electron chi connectivity index (χ0n) is 21.5. The summed E-state index contributed by atoms with van der Waals surface area (Å²) in [4.78, 5) is 66.7. The molecular weight excluding hydrogens is 494 g/mol. The van der Waals surface area contributed by atoms with Gasteiger partial charge in [0.15, 0.2) is 0 Å². The largest absolute Gasteiger partial charge is 0.481 e. The van der Waals surface area contributed by atoms with Gasteiger partial charge in [0.05, 0.1) is 12.5 Å². The van der Waals surface area contributed by atoms with Gasteiger partial charge in [-0.3, -0.25) is 19.2 Å². The van der Waals surface area contributed by atoms with Crippen molar-refractivity contribution in [2.75, 3.05) is 6.54 Å². The fraction of sp³-hybridized carbons (Fsp3) is 0.500. The van der Waals surface area contributed by atoms with E-state index in [9.17, 15) is 29.1 Å². The van der Waals surface area contributed by atoms with Crippen molar-refractivity contribution in [1.82, 2.24) is 20.5 Å². The number of hydrogen-bond acceptors (Lipinski definition) is 6. The first-order valence-corrected chi connectivity index (χ1v) is 12.6. The molecule has 7 N–H and O–H groups in total. The van der Waals surface area contributed by atoms with Crippen molar-refractivity contribution >= 4 is 40.6 Å². The van der Waals surface area contributed by atoms with Crippen molar-refractivity contribution < 1.29 is 34.2 Å². The molecule has 1 saturated heterocycles. The standard InChI is InChI=1S/C26H35N5O7/c1-14(2)10-19(29-23(34)17(27)12-22(32)33)24(35)30-20(25(36)31-9-5-8-21(31)26(37)38)11-15-13-28-18-7-4-3-6-16(15)18/h3-4,6-7,13-14,17,19-21,28H,5,8-12,27H2,1-2H3,(H,29,34)(H,30,35)(H,32,33)(H,37,38). The number of amides is 3. The zero-order chi connectivity index (χ0) is 28.0. The van der Waals surface area contributed by atoms with E-state index in [1.54, 1.807) is 6.20 Å². The van der Waals surface area contributed by atoms with Gasteiger partial charge in [0.25, 0.3) is 0 Å². The number of carbonyl (C=O) groups is 5. The Labute approximate surface area is 219 Å². The minimum atomic E-state index is -1.35. The number of carboxylic acids is 2. The fourth-order valence-electron chi connectivity index (χ4n) is 4.74. The van der Waals surface area contributed by atoms with Gasteiger partial charge in [-0.2, -0.15) is 0 Å². The average molecular weight is 530 g/mol. The second-order valence-electron chi connectivity index (χ2n) is 10.0. The van der Waals surface area contributed by atoms with Gasteiger partial charge in [0, 0.05) is 30.1 Å². The highest BCUT2D eigenvalue weighted by Gasteiger charge is 2.38. The Morgan fingerprint density at radius 3 is 2.42 bits per heavy atom. The lowest BCUT2D eigenvalue weighted by Crippen LogP contribution is -2.58. The maximum Gasteiger partial charge on any atom is 0.326 e. The smallest absolute Gasteiger partial charge is 0.326 e. The number of aromatic amines is 1. The lowest BCUT2D eigenvalue weighted by Gasteiger charge is -2.29. The van der Waals surface area contributed by atoms with Gasteiger partial charge in [-0.05, 0) is 36.8 Å². The van der Waals surface area contributed by atoms with Gasteiger partial charge >= 0.3 is 11.9 Å². The van der Waals surface area contributed by atoms with E-state index in [1.807, 2.05) is 38.1 Å². The number of H-pyrrole nitrogens is 1. The van der Waals surface area contributed by atoms with Crippen LogP contribution < -0.4 is 16.4 Å². The van der Waals surface area contributed by atoms with Crippen LogP contribution in [0, 0.1) is 5.92 Å².